The summed E-state index contributed by atoms with van der Waals surface area (Å²) in [4.78, 5) is 41.7. The molecule has 0 saturated carbocycles. The molecule has 2 unspecified atom stereocenters. The topological polar surface area (TPSA) is 99.5 Å². The summed E-state index contributed by atoms with van der Waals surface area (Å²) < 4.78 is 46.1. The standard InChI is InChI=1S/C31H26F3N3O4/c1-19-26(20(2)38)27(22-13-11-21(18-35)12-14-22)28(29(39)36-15-16-41-25-9-4-3-5-10-25)30(40)37(19)24-8-6-7-23(17-24)31(32,33)34/h3-14,17,27-28H,15-16H2,1-2H3,(H,36,39). The Morgan fingerprint density at radius 2 is 1.71 bits per heavy atom. The number of allylic oxidation sites excluding steroid dienone is 2. The number of benzene rings is 3. The second-order valence-electron chi connectivity index (χ2n) is 9.42. The summed E-state index contributed by atoms with van der Waals surface area (Å²) in [6, 6.07) is 21.2. The van der Waals surface area contributed by atoms with Crippen molar-refractivity contribution in [2.24, 2.45) is 5.92 Å². The number of ether oxygens (including phenoxy) is 1. The Morgan fingerprint density at radius 3 is 2.32 bits per heavy atom. The maximum absolute atomic E-state index is 14.0. The smallest absolute Gasteiger partial charge is 0.416 e. The van der Waals surface area contributed by atoms with Gasteiger partial charge in [0.25, 0.3) is 0 Å². The van der Waals surface area contributed by atoms with Crippen molar-refractivity contribution < 1.29 is 32.3 Å². The van der Waals surface area contributed by atoms with Gasteiger partial charge in [0.2, 0.25) is 11.8 Å². The highest BCUT2D eigenvalue weighted by Crippen LogP contribution is 2.43. The van der Waals surface area contributed by atoms with E-state index in [1.54, 1.807) is 36.4 Å². The number of para-hydroxylation sites is 1. The van der Waals surface area contributed by atoms with E-state index in [-0.39, 0.29) is 30.1 Å². The van der Waals surface area contributed by atoms with Crippen molar-refractivity contribution in [1.82, 2.24) is 5.32 Å². The molecule has 210 valence electrons. The Bertz CT molecular complexity index is 1530. The van der Waals surface area contributed by atoms with Crippen molar-refractivity contribution in [3.63, 3.8) is 0 Å². The van der Waals surface area contributed by atoms with E-state index < -0.39 is 41.2 Å². The van der Waals surface area contributed by atoms with Crippen LogP contribution in [0, 0.1) is 17.2 Å². The van der Waals surface area contributed by atoms with Crippen molar-refractivity contribution in [3.05, 3.63) is 107 Å². The lowest BCUT2D eigenvalue weighted by Crippen LogP contribution is -2.51. The lowest BCUT2D eigenvalue weighted by atomic mass is 9.74. The first kappa shape index (κ1) is 29.1. The monoisotopic (exact) mass is 561 g/mol. The summed E-state index contributed by atoms with van der Waals surface area (Å²) in [7, 11) is 0. The first-order valence-corrected chi connectivity index (χ1v) is 12.7. The minimum Gasteiger partial charge on any atom is -0.492 e. The van der Waals surface area contributed by atoms with Crippen LogP contribution in [0.25, 0.3) is 0 Å². The van der Waals surface area contributed by atoms with Crippen molar-refractivity contribution in [3.8, 4) is 11.8 Å². The zero-order valence-corrected chi connectivity index (χ0v) is 22.2. The Balaban J connectivity index is 1.76. The van der Waals surface area contributed by atoms with E-state index in [1.807, 2.05) is 12.1 Å². The third-order valence-corrected chi connectivity index (χ3v) is 6.76. The van der Waals surface area contributed by atoms with E-state index in [1.165, 1.54) is 32.0 Å². The van der Waals surface area contributed by atoms with Gasteiger partial charge in [0.1, 0.15) is 18.3 Å². The number of amides is 2. The molecule has 2 amide bonds. The zero-order valence-electron chi connectivity index (χ0n) is 22.2. The summed E-state index contributed by atoms with van der Waals surface area (Å²) in [5, 5.41) is 11.9. The number of halogens is 3. The van der Waals surface area contributed by atoms with E-state index in [0.717, 1.165) is 23.1 Å². The van der Waals surface area contributed by atoms with Gasteiger partial charge in [0.15, 0.2) is 5.78 Å². The molecule has 3 aromatic carbocycles. The fraction of sp³-hybridized carbons (Fsp3) is 0.226. The SMILES string of the molecule is CC(=O)C1=C(C)N(c2cccc(C(F)(F)F)c2)C(=O)C(C(=O)NCCOc2ccccc2)C1c1ccc(C#N)cc1. The molecule has 3 aromatic rings. The van der Waals surface area contributed by atoms with Crippen LogP contribution in [0.4, 0.5) is 18.9 Å². The van der Waals surface area contributed by atoms with Gasteiger partial charge in [-0.15, -0.1) is 0 Å². The number of carbonyl (C=O) groups is 3. The maximum Gasteiger partial charge on any atom is 0.416 e. The number of Topliss-reactive ketones (excluding diaryl/α,β-unsaturated/α-hetero) is 1. The first-order valence-electron chi connectivity index (χ1n) is 12.7. The number of nitrogens with one attached hydrogen (secondary N) is 1. The average molecular weight is 562 g/mol. The lowest BCUT2D eigenvalue weighted by molar-refractivity contribution is -0.138. The molecule has 7 nitrogen and oxygen atoms in total. The van der Waals surface area contributed by atoms with Gasteiger partial charge < -0.3 is 10.1 Å². The van der Waals surface area contributed by atoms with Crippen molar-refractivity contribution in [2.75, 3.05) is 18.1 Å². The highest BCUT2D eigenvalue weighted by atomic mass is 19.4. The minimum absolute atomic E-state index is 0.0270. The first-order chi connectivity index (χ1) is 19.5. The molecule has 0 aliphatic carbocycles. The van der Waals surface area contributed by atoms with Gasteiger partial charge >= 0.3 is 6.18 Å². The van der Waals surface area contributed by atoms with Crippen LogP contribution in [0.1, 0.15) is 36.5 Å². The van der Waals surface area contributed by atoms with Crippen LogP contribution in [-0.2, 0) is 20.6 Å². The molecule has 0 radical (unpaired) electrons. The Hall–Kier alpha value is -4.91. The molecule has 4 rings (SSSR count). The number of alkyl halides is 3. The van der Waals surface area contributed by atoms with Gasteiger partial charge in [-0.3, -0.25) is 19.3 Å². The second kappa shape index (κ2) is 12.1. The Kier molecular flexibility index (Phi) is 8.57. The average Bonchev–Trinajstić information content (AvgIpc) is 2.95. The van der Waals surface area contributed by atoms with Crippen molar-refractivity contribution in [2.45, 2.75) is 25.9 Å². The van der Waals surface area contributed by atoms with Crippen LogP contribution in [0.5, 0.6) is 5.75 Å². The summed E-state index contributed by atoms with van der Waals surface area (Å²) in [6.07, 6.45) is -4.67. The number of carbonyl (C=O) groups excluding carboxylic acids is 3. The molecule has 0 saturated heterocycles. The normalized spacial score (nSPS) is 17.2. The highest BCUT2D eigenvalue weighted by molar-refractivity contribution is 6.15. The minimum atomic E-state index is -4.67. The maximum atomic E-state index is 14.0. The second-order valence-corrected chi connectivity index (χ2v) is 9.42. The molecule has 1 N–H and O–H groups in total. The van der Waals surface area contributed by atoms with Crippen molar-refractivity contribution in [1.29, 1.82) is 5.26 Å². The van der Waals surface area contributed by atoms with E-state index in [2.05, 4.69) is 5.32 Å². The van der Waals surface area contributed by atoms with Gasteiger partial charge in [0, 0.05) is 22.9 Å². The fourth-order valence-corrected chi connectivity index (χ4v) is 4.93. The fourth-order valence-electron chi connectivity index (χ4n) is 4.93. The quantitative estimate of drug-likeness (QED) is 0.294. The molecule has 2 atom stereocenters. The molecule has 0 aromatic heterocycles. The molecular formula is C31H26F3N3O4. The number of hydrogen-bond acceptors (Lipinski definition) is 5. The summed E-state index contributed by atoms with van der Waals surface area (Å²) in [5.41, 5.74) is -0.102. The molecule has 1 heterocycles. The number of ketones is 1. The molecule has 0 spiro atoms. The van der Waals surface area contributed by atoms with Crippen LogP contribution in [0.3, 0.4) is 0 Å². The van der Waals surface area contributed by atoms with Crippen LogP contribution < -0.4 is 15.0 Å². The lowest BCUT2D eigenvalue weighted by Gasteiger charge is -2.39. The van der Waals surface area contributed by atoms with Crippen molar-refractivity contribution >= 4 is 23.3 Å². The molecule has 0 fully saturated rings. The van der Waals surface area contributed by atoms with Gasteiger partial charge in [-0.05, 0) is 61.9 Å². The predicted octanol–water partition coefficient (Wildman–Crippen LogP) is 5.38. The van der Waals surface area contributed by atoms with E-state index in [9.17, 15) is 32.8 Å². The number of nitrogens with zero attached hydrogens (tertiary/aromatic N) is 2. The van der Waals surface area contributed by atoms with E-state index >= 15 is 0 Å². The summed E-state index contributed by atoms with van der Waals surface area (Å²) in [6.45, 7) is 2.86. The number of anilines is 1. The Morgan fingerprint density at radius 1 is 1.02 bits per heavy atom. The molecule has 10 heteroatoms. The number of rotatable bonds is 8. The van der Waals surface area contributed by atoms with Gasteiger partial charge in [0.05, 0.1) is 23.7 Å². The molecule has 41 heavy (non-hydrogen) atoms. The number of hydrogen-bond donors (Lipinski definition) is 1. The summed E-state index contributed by atoms with van der Waals surface area (Å²) in [5.74, 6) is -3.90. The largest absolute Gasteiger partial charge is 0.492 e. The van der Waals surface area contributed by atoms with Gasteiger partial charge in [-0.25, -0.2) is 0 Å². The highest BCUT2D eigenvalue weighted by Gasteiger charge is 2.47. The van der Waals surface area contributed by atoms with E-state index in [4.69, 9.17) is 4.74 Å². The molecule has 1 aliphatic heterocycles. The molecule has 1 aliphatic rings. The van der Waals surface area contributed by atoms with Crippen LogP contribution in [0.15, 0.2) is 90.1 Å². The Labute approximate surface area is 234 Å². The summed E-state index contributed by atoms with van der Waals surface area (Å²) >= 11 is 0. The molecular weight excluding hydrogens is 535 g/mol. The van der Waals surface area contributed by atoms with Crippen LogP contribution >= 0.6 is 0 Å². The van der Waals surface area contributed by atoms with Crippen LogP contribution in [0.2, 0.25) is 0 Å². The number of nitriles is 1. The van der Waals surface area contributed by atoms with Gasteiger partial charge in [-0.2, -0.15) is 18.4 Å². The van der Waals surface area contributed by atoms with Gasteiger partial charge in [-0.1, -0.05) is 36.4 Å². The third kappa shape index (κ3) is 6.30. The predicted molar refractivity (Wildman–Crippen MR) is 145 cm³/mol. The van der Waals surface area contributed by atoms with Crippen LogP contribution in [-0.4, -0.2) is 30.7 Å². The zero-order chi connectivity index (χ0) is 29.7. The molecule has 0 bridgehead atoms. The third-order valence-electron chi connectivity index (χ3n) is 6.76. The van der Waals surface area contributed by atoms with E-state index in [0.29, 0.717) is 16.9 Å².